The molecule has 108 valence electrons. The SMILES string of the molecule is c1ccc2c(c1)CCc1c(ncnc1N1CCCCC1)O2. The molecule has 3 heterocycles. The van der Waals surface area contributed by atoms with Crippen LogP contribution in [0.2, 0.25) is 0 Å². The third-order valence-corrected chi connectivity index (χ3v) is 4.36. The molecule has 4 rings (SSSR count). The van der Waals surface area contributed by atoms with Crippen LogP contribution in [0.25, 0.3) is 0 Å². The number of anilines is 1. The summed E-state index contributed by atoms with van der Waals surface area (Å²) in [5.41, 5.74) is 2.41. The van der Waals surface area contributed by atoms with Gasteiger partial charge in [-0.25, -0.2) is 9.97 Å². The zero-order valence-electron chi connectivity index (χ0n) is 12.1. The normalized spacial score (nSPS) is 17.4. The molecule has 0 saturated carbocycles. The Hall–Kier alpha value is -2.10. The van der Waals surface area contributed by atoms with Crippen LogP contribution in [0.3, 0.4) is 0 Å². The fourth-order valence-corrected chi connectivity index (χ4v) is 3.25. The number of piperidine rings is 1. The molecule has 0 aliphatic carbocycles. The van der Waals surface area contributed by atoms with Gasteiger partial charge >= 0.3 is 0 Å². The number of benzene rings is 1. The second-order valence-electron chi connectivity index (χ2n) is 5.74. The third-order valence-electron chi connectivity index (χ3n) is 4.36. The minimum absolute atomic E-state index is 0.732. The number of nitrogens with zero attached hydrogens (tertiary/aromatic N) is 3. The van der Waals surface area contributed by atoms with Gasteiger partial charge in [0.25, 0.3) is 0 Å². The van der Waals surface area contributed by atoms with E-state index in [4.69, 9.17) is 4.74 Å². The van der Waals surface area contributed by atoms with Crippen molar-refractivity contribution in [2.45, 2.75) is 32.1 Å². The van der Waals surface area contributed by atoms with Crippen molar-refractivity contribution >= 4 is 5.82 Å². The second-order valence-corrected chi connectivity index (χ2v) is 5.74. The van der Waals surface area contributed by atoms with Gasteiger partial charge in [0.05, 0.1) is 5.56 Å². The van der Waals surface area contributed by atoms with E-state index in [-0.39, 0.29) is 0 Å². The zero-order valence-corrected chi connectivity index (χ0v) is 12.1. The van der Waals surface area contributed by atoms with Gasteiger partial charge in [-0.05, 0) is 43.7 Å². The van der Waals surface area contributed by atoms with Gasteiger partial charge < -0.3 is 9.64 Å². The highest BCUT2D eigenvalue weighted by Crippen LogP contribution is 2.36. The van der Waals surface area contributed by atoms with Crippen molar-refractivity contribution < 1.29 is 4.74 Å². The molecular formula is C17H19N3O. The summed E-state index contributed by atoms with van der Waals surface area (Å²) in [6.07, 6.45) is 7.39. The molecule has 0 spiro atoms. The molecule has 2 aliphatic heterocycles. The summed E-state index contributed by atoms with van der Waals surface area (Å²) in [5.74, 6) is 2.74. The predicted molar refractivity (Wildman–Crippen MR) is 82.0 cm³/mol. The van der Waals surface area contributed by atoms with Crippen molar-refractivity contribution in [2.75, 3.05) is 18.0 Å². The van der Waals surface area contributed by atoms with Crippen LogP contribution in [0.1, 0.15) is 30.4 Å². The van der Waals surface area contributed by atoms with Gasteiger partial charge in [0, 0.05) is 13.1 Å². The van der Waals surface area contributed by atoms with Crippen LogP contribution in [0.5, 0.6) is 11.6 Å². The van der Waals surface area contributed by atoms with Crippen LogP contribution < -0.4 is 9.64 Å². The van der Waals surface area contributed by atoms with Crippen LogP contribution in [-0.4, -0.2) is 23.1 Å². The molecule has 1 aromatic heterocycles. The Labute approximate surface area is 124 Å². The van der Waals surface area contributed by atoms with Gasteiger partial charge in [-0.2, -0.15) is 0 Å². The molecule has 21 heavy (non-hydrogen) atoms. The first kappa shape index (κ1) is 12.6. The quantitative estimate of drug-likeness (QED) is 0.803. The number of hydrogen-bond donors (Lipinski definition) is 0. The fourth-order valence-electron chi connectivity index (χ4n) is 3.25. The average Bonchev–Trinajstić information content (AvgIpc) is 2.74. The van der Waals surface area contributed by atoms with Crippen LogP contribution in [-0.2, 0) is 12.8 Å². The van der Waals surface area contributed by atoms with E-state index in [1.54, 1.807) is 6.33 Å². The number of fused-ring (bicyclic) bond motifs is 2. The molecule has 2 aromatic rings. The number of aromatic nitrogens is 2. The van der Waals surface area contributed by atoms with E-state index >= 15 is 0 Å². The van der Waals surface area contributed by atoms with Crippen molar-refractivity contribution in [3.8, 4) is 11.6 Å². The highest BCUT2D eigenvalue weighted by atomic mass is 16.5. The van der Waals surface area contributed by atoms with Gasteiger partial charge in [0.1, 0.15) is 17.9 Å². The van der Waals surface area contributed by atoms with Crippen molar-refractivity contribution in [1.29, 1.82) is 0 Å². The monoisotopic (exact) mass is 281 g/mol. The Morgan fingerprint density at radius 1 is 0.952 bits per heavy atom. The van der Waals surface area contributed by atoms with E-state index < -0.39 is 0 Å². The average molecular weight is 281 g/mol. The third kappa shape index (κ3) is 2.35. The van der Waals surface area contributed by atoms with Crippen LogP contribution in [0.15, 0.2) is 30.6 Å². The summed E-state index contributed by atoms with van der Waals surface area (Å²) < 4.78 is 6.06. The van der Waals surface area contributed by atoms with Gasteiger partial charge in [-0.15, -0.1) is 0 Å². The first-order valence-corrected chi connectivity index (χ1v) is 7.76. The summed E-state index contributed by atoms with van der Waals surface area (Å²) in [7, 11) is 0. The molecular weight excluding hydrogens is 262 g/mol. The standard InChI is InChI=1S/C17H19N3O/c1-4-10-20(11-5-1)16-14-9-8-13-6-2-3-7-15(13)21-17(14)19-12-18-16/h2-3,6-7,12H,1,4-5,8-11H2. The Kier molecular flexibility index (Phi) is 3.22. The lowest BCUT2D eigenvalue weighted by Gasteiger charge is -2.29. The maximum absolute atomic E-state index is 6.06. The first-order valence-electron chi connectivity index (χ1n) is 7.76. The summed E-state index contributed by atoms with van der Waals surface area (Å²) in [5, 5.41) is 0. The summed E-state index contributed by atoms with van der Waals surface area (Å²) >= 11 is 0. The highest BCUT2D eigenvalue weighted by molar-refractivity contribution is 5.54. The van der Waals surface area contributed by atoms with E-state index in [0.29, 0.717) is 0 Å². The van der Waals surface area contributed by atoms with E-state index in [1.807, 2.05) is 12.1 Å². The lowest BCUT2D eigenvalue weighted by molar-refractivity contribution is 0.457. The maximum atomic E-state index is 6.06. The molecule has 0 N–H and O–H groups in total. The lowest BCUT2D eigenvalue weighted by Crippen LogP contribution is -2.31. The highest BCUT2D eigenvalue weighted by Gasteiger charge is 2.23. The fraction of sp³-hybridized carbons (Fsp3) is 0.412. The molecule has 2 aliphatic rings. The van der Waals surface area contributed by atoms with Crippen molar-refractivity contribution in [3.05, 3.63) is 41.7 Å². The molecule has 0 bridgehead atoms. The summed E-state index contributed by atoms with van der Waals surface area (Å²) in [4.78, 5) is 11.3. The van der Waals surface area contributed by atoms with Crippen LogP contribution >= 0.6 is 0 Å². The first-order chi connectivity index (χ1) is 10.4. The summed E-state index contributed by atoms with van der Waals surface area (Å²) in [6, 6.07) is 8.23. The Morgan fingerprint density at radius 2 is 1.81 bits per heavy atom. The zero-order chi connectivity index (χ0) is 14.1. The smallest absolute Gasteiger partial charge is 0.227 e. The molecule has 1 saturated heterocycles. The van der Waals surface area contributed by atoms with Crippen molar-refractivity contribution in [1.82, 2.24) is 9.97 Å². The van der Waals surface area contributed by atoms with E-state index in [0.717, 1.165) is 48.9 Å². The molecule has 0 unspecified atom stereocenters. The number of para-hydroxylation sites is 1. The Morgan fingerprint density at radius 3 is 2.71 bits per heavy atom. The minimum atomic E-state index is 0.732. The topological polar surface area (TPSA) is 38.2 Å². The van der Waals surface area contributed by atoms with E-state index in [2.05, 4.69) is 27.0 Å². The van der Waals surface area contributed by atoms with Gasteiger partial charge in [-0.1, -0.05) is 18.2 Å². The number of hydrogen-bond acceptors (Lipinski definition) is 4. The van der Waals surface area contributed by atoms with Gasteiger partial charge in [-0.3, -0.25) is 0 Å². The van der Waals surface area contributed by atoms with Crippen molar-refractivity contribution in [2.24, 2.45) is 0 Å². The minimum Gasteiger partial charge on any atom is -0.438 e. The summed E-state index contributed by atoms with van der Waals surface area (Å²) in [6.45, 7) is 2.19. The van der Waals surface area contributed by atoms with E-state index in [1.165, 1.54) is 24.8 Å². The van der Waals surface area contributed by atoms with Gasteiger partial charge in [0.2, 0.25) is 5.88 Å². The maximum Gasteiger partial charge on any atom is 0.227 e. The number of aryl methyl sites for hydroxylation is 1. The number of rotatable bonds is 1. The lowest BCUT2D eigenvalue weighted by atomic mass is 10.0. The number of ether oxygens (including phenoxy) is 1. The Balaban J connectivity index is 1.72. The molecule has 4 heteroatoms. The molecule has 4 nitrogen and oxygen atoms in total. The molecule has 0 radical (unpaired) electrons. The molecule has 0 atom stereocenters. The van der Waals surface area contributed by atoms with Crippen molar-refractivity contribution in [3.63, 3.8) is 0 Å². The van der Waals surface area contributed by atoms with Crippen LogP contribution in [0.4, 0.5) is 5.82 Å². The largest absolute Gasteiger partial charge is 0.438 e. The molecule has 1 fully saturated rings. The second kappa shape index (κ2) is 5.35. The van der Waals surface area contributed by atoms with Gasteiger partial charge in [0.15, 0.2) is 0 Å². The molecule has 1 aromatic carbocycles. The Bertz CT molecular complexity index is 650. The predicted octanol–water partition coefficient (Wildman–Crippen LogP) is 3.36. The van der Waals surface area contributed by atoms with E-state index in [9.17, 15) is 0 Å². The van der Waals surface area contributed by atoms with Crippen LogP contribution in [0, 0.1) is 0 Å². The molecule has 0 amide bonds.